The highest BCUT2D eigenvalue weighted by atomic mass is 19.1. The van der Waals surface area contributed by atoms with Gasteiger partial charge in [0.2, 0.25) is 6.29 Å². The lowest BCUT2D eigenvalue weighted by Crippen LogP contribution is -2.29. The smallest absolute Gasteiger partial charge is 0.345 e. The lowest BCUT2D eigenvalue weighted by molar-refractivity contribution is -0.0630. The van der Waals surface area contributed by atoms with Gasteiger partial charge in [-0.1, -0.05) is 85.9 Å². The maximum absolute atomic E-state index is 14.1. The fraction of sp³-hybridized carbons (Fsp3) is 0.286. The highest BCUT2D eigenvalue weighted by Gasteiger charge is 2.27. The molecular formula is C35H38F2O3. The molecular weight excluding hydrogens is 506 g/mol. The van der Waals surface area contributed by atoms with Gasteiger partial charge in [0.25, 0.3) is 0 Å². The fourth-order valence-corrected chi connectivity index (χ4v) is 4.02. The van der Waals surface area contributed by atoms with Gasteiger partial charge in [0, 0.05) is 18.1 Å². The molecule has 0 spiro atoms. The molecule has 0 fully saturated rings. The molecule has 1 heterocycles. The number of hydrogen-bond donors (Lipinski definition) is 0. The summed E-state index contributed by atoms with van der Waals surface area (Å²) >= 11 is 0. The van der Waals surface area contributed by atoms with Gasteiger partial charge in [0.1, 0.15) is 22.9 Å². The number of ether oxygens (including phenoxy) is 2. The van der Waals surface area contributed by atoms with Crippen molar-refractivity contribution in [1.29, 1.82) is 0 Å². The van der Waals surface area contributed by atoms with Crippen LogP contribution in [0.3, 0.4) is 0 Å². The Hall–Kier alpha value is -3.99. The van der Waals surface area contributed by atoms with E-state index >= 15 is 0 Å². The van der Waals surface area contributed by atoms with Crippen LogP contribution < -0.4 is 4.74 Å². The third-order valence-electron chi connectivity index (χ3n) is 6.10. The van der Waals surface area contributed by atoms with Gasteiger partial charge in [-0.2, -0.15) is 0 Å². The number of esters is 1. The first-order valence-corrected chi connectivity index (χ1v) is 14.0. The van der Waals surface area contributed by atoms with Crippen LogP contribution in [0.5, 0.6) is 5.75 Å². The Labute approximate surface area is 236 Å². The first-order chi connectivity index (χ1) is 19.6. The summed E-state index contributed by atoms with van der Waals surface area (Å²) < 4.78 is 38.6. The molecule has 1 atom stereocenters. The molecule has 40 heavy (non-hydrogen) atoms. The van der Waals surface area contributed by atoms with E-state index in [1.807, 2.05) is 6.08 Å². The first-order valence-electron chi connectivity index (χ1n) is 14.0. The van der Waals surface area contributed by atoms with Crippen molar-refractivity contribution in [2.24, 2.45) is 0 Å². The van der Waals surface area contributed by atoms with Crippen molar-refractivity contribution in [2.75, 3.05) is 0 Å². The van der Waals surface area contributed by atoms with Gasteiger partial charge in [-0.25, -0.2) is 13.6 Å². The van der Waals surface area contributed by atoms with Crippen molar-refractivity contribution in [3.8, 4) is 16.9 Å². The van der Waals surface area contributed by atoms with Gasteiger partial charge < -0.3 is 9.47 Å². The molecule has 0 amide bonds. The van der Waals surface area contributed by atoms with Crippen LogP contribution in [0.1, 0.15) is 68.6 Å². The van der Waals surface area contributed by atoms with Gasteiger partial charge >= 0.3 is 5.97 Å². The lowest BCUT2D eigenvalue weighted by atomic mass is 10.0. The number of carbonyl (C=O) groups is 1. The molecule has 0 saturated heterocycles. The highest BCUT2D eigenvalue weighted by molar-refractivity contribution is 5.95. The predicted molar refractivity (Wildman–Crippen MR) is 159 cm³/mol. The van der Waals surface area contributed by atoms with Crippen LogP contribution in [0.15, 0.2) is 109 Å². The predicted octanol–water partition coefficient (Wildman–Crippen LogP) is 9.98. The average Bonchev–Trinajstić information content (AvgIpc) is 2.94. The standard InChI is InChI=1S/C35H38F2O3/c1-2-3-4-5-6-7-8-9-10-11-12-13-14-15-16-17-18-19-20-21-34-39-33-25-22-28(26-31(33)35(38)40-34)30-24-23-29(36)27-32(30)37/h3-4,6-7,9-10,12-13,15-16,18-19,22-27,34H,2,5,8,11,14,17,20-21H2,1H3. The van der Waals surface area contributed by atoms with Crippen LogP contribution >= 0.6 is 0 Å². The Morgan fingerprint density at radius 1 is 0.675 bits per heavy atom. The van der Waals surface area contributed by atoms with Gasteiger partial charge in [0.15, 0.2) is 0 Å². The van der Waals surface area contributed by atoms with E-state index in [1.165, 1.54) is 18.2 Å². The van der Waals surface area contributed by atoms with E-state index in [4.69, 9.17) is 9.47 Å². The zero-order valence-corrected chi connectivity index (χ0v) is 23.1. The molecule has 2 aromatic rings. The minimum atomic E-state index is -0.695. The van der Waals surface area contributed by atoms with Crippen LogP contribution in [-0.4, -0.2) is 12.3 Å². The van der Waals surface area contributed by atoms with Crippen molar-refractivity contribution in [1.82, 2.24) is 0 Å². The maximum Gasteiger partial charge on any atom is 0.345 e. The summed E-state index contributed by atoms with van der Waals surface area (Å²) in [6.45, 7) is 2.14. The number of hydrogen-bond acceptors (Lipinski definition) is 3. The Bertz CT molecular complexity index is 1270. The van der Waals surface area contributed by atoms with Crippen LogP contribution in [0.4, 0.5) is 8.78 Å². The Morgan fingerprint density at radius 3 is 1.82 bits per heavy atom. The summed E-state index contributed by atoms with van der Waals surface area (Å²) in [5.74, 6) is -1.47. The molecule has 0 N–H and O–H groups in total. The second-order valence-corrected chi connectivity index (χ2v) is 9.28. The van der Waals surface area contributed by atoms with E-state index in [2.05, 4.69) is 73.8 Å². The summed E-state index contributed by atoms with van der Waals surface area (Å²) in [5.41, 5.74) is 0.886. The summed E-state index contributed by atoms with van der Waals surface area (Å²) in [7, 11) is 0. The molecule has 1 aliphatic heterocycles. The Balaban J connectivity index is 1.30. The van der Waals surface area contributed by atoms with Gasteiger partial charge in [-0.3, -0.25) is 0 Å². The van der Waals surface area contributed by atoms with Gasteiger partial charge in [0.05, 0.1) is 0 Å². The average molecular weight is 545 g/mol. The Morgan fingerprint density at radius 2 is 1.25 bits per heavy atom. The monoisotopic (exact) mass is 544 g/mol. The number of halogens is 2. The number of rotatable bonds is 15. The molecule has 2 aromatic carbocycles. The highest BCUT2D eigenvalue weighted by Crippen LogP contribution is 2.33. The molecule has 0 bridgehead atoms. The number of benzene rings is 2. The minimum Gasteiger partial charge on any atom is -0.454 e. The molecule has 0 aromatic heterocycles. The van der Waals surface area contributed by atoms with Gasteiger partial charge in [-0.05, 0) is 74.8 Å². The summed E-state index contributed by atoms with van der Waals surface area (Å²) in [4.78, 5) is 12.5. The summed E-state index contributed by atoms with van der Waals surface area (Å²) in [5, 5.41) is 0. The van der Waals surface area contributed by atoms with Crippen molar-refractivity contribution < 1.29 is 23.0 Å². The second-order valence-electron chi connectivity index (χ2n) is 9.28. The molecule has 0 aliphatic carbocycles. The molecule has 3 rings (SSSR count). The Kier molecular flexibility index (Phi) is 13.4. The minimum absolute atomic E-state index is 0.205. The molecule has 5 heteroatoms. The number of cyclic esters (lactones) is 1. The fourth-order valence-electron chi connectivity index (χ4n) is 4.02. The number of carbonyl (C=O) groups excluding carboxylic acids is 1. The van der Waals surface area contributed by atoms with E-state index in [0.29, 0.717) is 24.2 Å². The molecule has 210 valence electrons. The normalized spacial score (nSPS) is 15.8. The third-order valence-corrected chi connectivity index (χ3v) is 6.10. The lowest BCUT2D eigenvalue weighted by Gasteiger charge is -2.25. The SMILES string of the molecule is CCC=CCC=CCC=CCC=CCC=CCC=CCCC1OC(=O)c2cc(-c3ccc(F)cc3F)ccc2O1. The van der Waals surface area contributed by atoms with Gasteiger partial charge in [-0.15, -0.1) is 0 Å². The summed E-state index contributed by atoms with van der Waals surface area (Å²) in [6, 6.07) is 8.12. The molecule has 0 radical (unpaired) electrons. The van der Waals surface area contributed by atoms with E-state index in [0.717, 1.165) is 44.6 Å². The van der Waals surface area contributed by atoms with E-state index < -0.39 is 23.9 Å². The van der Waals surface area contributed by atoms with Crippen LogP contribution in [-0.2, 0) is 4.74 Å². The quantitative estimate of drug-likeness (QED) is 0.165. The largest absolute Gasteiger partial charge is 0.454 e. The topological polar surface area (TPSA) is 35.5 Å². The zero-order chi connectivity index (χ0) is 28.4. The van der Waals surface area contributed by atoms with Crippen molar-refractivity contribution in [3.63, 3.8) is 0 Å². The second kappa shape index (κ2) is 17.6. The first kappa shape index (κ1) is 30.6. The summed E-state index contributed by atoms with van der Waals surface area (Å²) in [6.07, 6.45) is 32.2. The molecule has 0 saturated carbocycles. The maximum atomic E-state index is 14.1. The number of allylic oxidation sites excluding steroid dienone is 12. The van der Waals surface area contributed by atoms with Crippen LogP contribution in [0.25, 0.3) is 11.1 Å². The third kappa shape index (κ3) is 10.6. The van der Waals surface area contributed by atoms with Crippen molar-refractivity contribution in [3.05, 3.63) is 127 Å². The molecule has 1 unspecified atom stereocenters. The van der Waals surface area contributed by atoms with Crippen molar-refractivity contribution >= 4 is 5.97 Å². The van der Waals surface area contributed by atoms with E-state index in [9.17, 15) is 13.6 Å². The molecule has 1 aliphatic rings. The van der Waals surface area contributed by atoms with Crippen LogP contribution in [0.2, 0.25) is 0 Å². The van der Waals surface area contributed by atoms with E-state index in [1.54, 1.807) is 12.1 Å². The zero-order valence-electron chi connectivity index (χ0n) is 23.1. The van der Waals surface area contributed by atoms with E-state index in [-0.39, 0.29) is 11.1 Å². The number of fused-ring (bicyclic) bond motifs is 1. The molecule has 3 nitrogen and oxygen atoms in total. The van der Waals surface area contributed by atoms with Crippen LogP contribution in [0, 0.1) is 11.6 Å². The van der Waals surface area contributed by atoms with Crippen molar-refractivity contribution in [2.45, 2.75) is 64.6 Å².